The van der Waals surface area contributed by atoms with Crippen LogP contribution in [0.15, 0.2) is 30.3 Å². The van der Waals surface area contributed by atoms with Crippen molar-refractivity contribution in [3.8, 4) is 5.75 Å². The minimum absolute atomic E-state index is 0.0608. The van der Waals surface area contributed by atoms with Crippen LogP contribution in [0.3, 0.4) is 0 Å². The third-order valence-corrected chi connectivity index (χ3v) is 5.27. The van der Waals surface area contributed by atoms with Crippen molar-refractivity contribution in [2.75, 3.05) is 26.2 Å². The summed E-state index contributed by atoms with van der Waals surface area (Å²) in [5.41, 5.74) is 1.33. The Morgan fingerprint density at radius 1 is 1.22 bits per heavy atom. The molecule has 1 saturated heterocycles. The first-order valence-corrected chi connectivity index (χ1v) is 8.78. The normalized spacial score (nSPS) is 15.8. The summed E-state index contributed by atoms with van der Waals surface area (Å²) < 4.78 is 0.809. The van der Waals surface area contributed by atoms with Crippen LogP contribution in [0.1, 0.15) is 20.8 Å². The zero-order chi connectivity index (χ0) is 16.4. The topological polar surface area (TPSA) is 43.8 Å². The van der Waals surface area contributed by atoms with Crippen molar-refractivity contribution in [2.24, 2.45) is 0 Å². The van der Waals surface area contributed by atoms with Crippen LogP contribution >= 0.6 is 22.9 Å². The minimum atomic E-state index is -0.0960. The highest BCUT2D eigenvalue weighted by Crippen LogP contribution is 2.24. The number of rotatable bonds is 3. The van der Waals surface area contributed by atoms with Crippen molar-refractivity contribution in [1.82, 2.24) is 9.80 Å². The molecule has 122 valence electrons. The Morgan fingerprint density at radius 2 is 1.96 bits per heavy atom. The Morgan fingerprint density at radius 3 is 2.57 bits per heavy atom. The average Bonchev–Trinajstić information content (AvgIpc) is 2.92. The number of hydrogen-bond donors (Lipinski definition) is 1. The number of phenols is 1. The van der Waals surface area contributed by atoms with Crippen LogP contribution in [0.4, 0.5) is 0 Å². The number of halogens is 1. The number of piperazine rings is 1. The van der Waals surface area contributed by atoms with E-state index in [-0.39, 0.29) is 11.7 Å². The van der Waals surface area contributed by atoms with Crippen LogP contribution in [0.5, 0.6) is 5.75 Å². The molecule has 0 unspecified atom stereocenters. The van der Waals surface area contributed by atoms with Crippen LogP contribution in [0.25, 0.3) is 0 Å². The molecule has 0 aliphatic carbocycles. The lowest BCUT2D eigenvalue weighted by Gasteiger charge is -2.34. The molecule has 3 rings (SSSR count). The number of phenolic OH excluding ortho intramolecular Hbond substituents is 1. The molecule has 1 aliphatic rings. The monoisotopic (exact) mass is 350 g/mol. The van der Waals surface area contributed by atoms with Gasteiger partial charge in [-0.2, -0.15) is 0 Å². The minimum Gasteiger partial charge on any atom is -0.507 e. The molecule has 1 fully saturated rings. The number of carbonyl (C=O) groups excluding carboxylic acids is 1. The quantitative estimate of drug-likeness (QED) is 0.923. The van der Waals surface area contributed by atoms with E-state index in [4.69, 9.17) is 11.6 Å². The van der Waals surface area contributed by atoms with E-state index >= 15 is 0 Å². The van der Waals surface area contributed by atoms with Gasteiger partial charge < -0.3 is 10.0 Å². The molecule has 6 heteroatoms. The number of hydrogen-bond acceptors (Lipinski definition) is 4. The fourth-order valence-electron chi connectivity index (χ4n) is 2.76. The van der Waals surface area contributed by atoms with E-state index in [0.717, 1.165) is 29.5 Å². The first kappa shape index (κ1) is 16.3. The highest BCUT2D eigenvalue weighted by Gasteiger charge is 2.24. The fraction of sp³-hybridized carbons (Fsp3) is 0.353. The van der Waals surface area contributed by atoms with Gasteiger partial charge in [0.25, 0.3) is 5.91 Å². The molecule has 1 amide bonds. The molecule has 0 radical (unpaired) electrons. The zero-order valence-electron chi connectivity index (χ0n) is 13.0. The maximum absolute atomic E-state index is 12.5. The molecule has 1 aromatic heterocycles. The molecule has 1 aliphatic heterocycles. The summed E-state index contributed by atoms with van der Waals surface area (Å²) in [5.74, 6) is -0.0352. The summed E-state index contributed by atoms with van der Waals surface area (Å²) in [6.45, 7) is 5.76. The standard InChI is InChI=1S/C17H19ClN2O2S/c1-12-2-4-14(15(21)10-12)17(22)20-8-6-19(7-9-20)11-13-3-5-16(18)23-13/h2-5,10,21H,6-9,11H2,1H3. The van der Waals surface area contributed by atoms with Crippen LogP contribution in [0, 0.1) is 6.92 Å². The Bertz CT molecular complexity index is 708. The molecule has 0 saturated carbocycles. The number of thiophene rings is 1. The summed E-state index contributed by atoms with van der Waals surface area (Å²) in [6, 6.07) is 9.15. The van der Waals surface area contributed by atoms with Gasteiger partial charge in [-0.1, -0.05) is 17.7 Å². The molecular weight excluding hydrogens is 332 g/mol. The van der Waals surface area contributed by atoms with Gasteiger partial charge >= 0.3 is 0 Å². The van der Waals surface area contributed by atoms with Gasteiger partial charge in [0.1, 0.15) is 5.75 Å². The summed E-state index contributed by atoms with van der Waals surface area (Å²) in [5, 5.41) is 9.97. The van der Waals surface area contributed by atoms with Crippen molar-refractivity contribution < 1.29 is 9.90 Å². The number of aromatic hydroxyl groups is 1. The lowest BCUT2D eigenvalue weighted by Crippen LogP contribution is -2.48. The maximum Gasteiger partial charge on any atom is 0.257 e. The van der Waals surface area contributed by atoms with E-state index in [2.05, 4.69) is 11.0 Å². The molecule has 1 N–H and O–H groups in total. The highest BCUT2D eigenvalue weighted by atomic mass is 35.5. The number of benzene rings is 1. The molecule has 2 heterocycles. The second kappa shape index (κ2) is 6.91. The van der Waals surface area contributed by atoms with Crippen LogP contribution < -0.4 is 0 Å². The summed E-state index contributed by atoms with van der Waals surface area (Å²) >= 11 is 7.56. The second-order valence-electron chi connectivity index (χ2n) is 5.79. The number of carbonyl (C=O) groups is 1. The average molecular weight is 351 g/mol. The van der Waals surface area contributed by atoms with Gasteiger partial charge in [-0.3, -0.25) is 9.69 Å². The van der Waals surface area contributed by atoms with Gasteiger partial charge in [-0.25, -0.2) is 0 Å². The van der Waals surface area contributed by atoms with Gasteiger partial charge in [0.05, 0.1) is 9.90 Å². The van der Waals surface area contributed by atoms with Crippen LogP contribution in [-0.2, 0) is 6.54 Å². The molecular formula is C17H19ClN2O2S. The first-order chi connectivity index (χ1) is 11.0. The van der Waals surface area contributed by atoms with Crippen molar-refractivity contribution in [3.05, 3.63) is 50.7 Å². The van der Waals surface area contributed by atoms with Crippen LogP contribution in [-0.4, -0.2) is 47.0 Å². The zero-order valence-corrected chi connectivity index (χ0v) is 14.5. The van der Waals surface area contributed by atoms with E-state index in [9.17, 15) is 9.90 Å². The molecule has 0 bridgehead atoms. The highest BCUT2D eigenvalue weighted by molar-refractivity contribution is 7.16. The fourth-order valence-corrected chi connectivity index (χ4v) is 3.89. The Balaban J connectivity index is 1.59. The number of aryl methyl sites for hydroxylation is 1. The number of amides is 1. The Hall–Kier alpha value is -1.56. The summed E-state index contributed by atoms with van der Waals surface area (Å²) in [7, 11) is 0. The van der Waals surface area contributed by atoms with Gasteiger partial charge in [-0.15, -0.1) is 11.3 Å². The predicted molar refractivity (Wildman–Crippen MR) is 93.4 cm³/mol. The maximum atomic E-state index is 12.5. The van der Waals surface area contributed by atoms with Crippen LogP contribution in [0.2, 0.25) is 4.34 Å². The van der Waals surface area contributed by atoms with Gasteiger partial charge in [0.2, 0.25) is 0 Å². The Labute approximate surface area is 144 Å². The van der Waals surface area contributed by atoms with Crippen molar-refractivity contribution in [3.63, 3.8) is 0 Å². The van der Waals surface area contributed by atoms with Crippen molar-refractivity contribution in [1.29, 1.82) is 0 Å². The van der Waals surface area contributed by atoms with E-state index < -0.39 is 0 Å². The molecule has 0 spiro atoms. The van der Waals surface area contributed by atoms with E-state index in [1.165, 1.54) is 4.88 Å². The summed E-state index contributed by atoms with van der Waals surface area (Å²) in [4.78, 5) is 17.9. The van der Waals surface area contributed by atoms with Crippen molar-refractivity contribution >= 4 is 28.8 Å². The smallest absolute Gasteiger partial charge is 0.257 e. The molecule has 23 heavy (non-hydrogen) atoms. The third-order valence-electron chi connectivity index (χ3n) is 4.05. The van der Waals surface area contributed by atoms with E-state index in [1.54, 1.807) is 23.5 Å². The van der Waals surface area contributed by atoms with Crippen molar-refractivity contribution in [2.45, 2.75) is 13.5 Å². The van der Waals surface area contributed by atoms with Gasteiger partial charge in [0.15, 0.2) is 0 Å². The largest absolute Gasteiger partial charge is 0.507 e. The molecule has 4 nitrogen and oxygen atoms in total. The van der Waals surface area contributed by atoms with Gasteiger partial charge in [-0.05, 0) is 36.8 Å². The van der Waals surface area contributed by atoms with E-state index in [0.29, 0.717) is 18.7 Å². The summed E-state index contributed by atoms with van der Waals surface area (Å²) in [6.07, 6.45) is 0. The predicted octanol–water partition coefficient (Wildman–Crippen LogP) is 3.37. The Kier molecular flexibility index (Phi) is 4.90. The lowest BCUT2D eigenvalue weighted by molar-refractivity contribution is 0.0627. The third kappa shape index (κ3) is 3.86. The van der Waals surface area contributed by atoms with E-state index in [1.807, 2.05) is 24.0 Å². The SMILES string of the molecule is Cc1ccc(C(=O)N2CCN(Cc3ccc(Cl)s3)CC2)c(O)c1. The second-order valence-corrected chi connectivity index (χ2v) is 7.59. The molecule has 0 atom stereocenters. The molecule has 2 aromatic rings. The molecule has 1 aromatic carbocycles. The lowest BCUT2D eigenvalue weighted by atomic mass is 10.1. The number of nitrogens with zero attached hydrogens (tertiary/aromatic N) is 2. The first-order valence-electron chi connectivity index (χ1n) is 7.58. The van der Waals surface area contributed by atoms with Gasteiger partial charge in [0, 0.05) is 37.6 Å².